The Labute approximate surface area is 138 Å². The summed E-state index contributed by atoms with van der Waals surface area (Å²) in [5.74, 6) is -1.37. The molecule has 1 aliphatic rings. The van der Waals surface area contributed by atoms with Gasteiger partial charge in [0.25, 0.3) is 5.91 Å². The number of ether oxygens (including phenoxy) is 1. The number of nitrogens with one attached hydrogen (secondary N) is 1. The first-order chi connectivity index (χ1) is 10.7. The molecule has 0 aromatic heterocycles. The van der Waals surface area contributed by atoms with Crippen LogP contribution in [0.2, 0.25) is 5.02 Å². The van der Waals surface area contributed by atoms with Gasteiger partial charge in [0.2, 0.25) is 5.91 Å². The van der Waals surface area contributed by atoms with Crippen LogP contribution < -0.4 is 15.0 Å². The fourth-order valence-electron chi connectivity index (χ4n) is 2.24. The fourth-order valence-corrected chi connectivity index (χ4v) is 2.41. The van der Waals surface area contributed by atoms with Gasteiger partial charge in [-0.1, -0.05) is 11.6 Å². The number of rotatable bonds is 5. The van der Waals surface area contributed by atoms with Crippen LogP contribution in [0.3, 0.4) is 0 Å². The largest absolute Gasteiger partial charge is 0.480 e. The van der Waals surface area contributed by atoms with Crippen LogP contribution in [-0.2, 0) is 14.4 Å². The number of hydrogen-bond acceptors (Lipinski definition) is 4. The summed E-state index contributed by atoms with van der Waals surface area (Å²) in [6, 6.07) is 4.92. The zero-order valence-electron chi connectivity index (χ0n) is 12.8. The zero-order valence-corrected chi connectivity index (χ0v) is 13.5. The number of amides is 2. The minimum absolute atomic E-state index is 0.0267. The van der Waals surface area contributed by atoms with Crippen molar-refractivity contribution in [2.45, 2.75) is 25.9 Å². The van der Waals surface area contributed by atoms with Gasteiger partial charge in [-0.15, -0.1) is 0 Å². The third-order valence-corrected chi connectivity index (χ3v) is 3.57. The second kappa shape index (κ2) is 6.45. The van der Waals surface area contributed by atoms with Crippen molar-refractivity contribution in [3.05, 3.63) is 23.2 Å². The summed E-state index contributed by atoms with van der Waals surface area (Å²) >= 11 is 5.97. The van der Waals surface area contributed by atoms with E-state index in [9.17, 15) is 14.4 Å². The zero-order chi connectivity index (χ0) is 17.2. The lowest BCUT2D eigenvalue weighted by Crippen LogP contribution is -2.53. The van der Waals surface area contributed by atoms with Gasteiger partial charge < -0.3 is 20.1 Å². The molecule has 0 atom stereocenters. The summed E-state index contributed by atoms with van der Waals surface area (Å²) in [4.78, 5) is 36.1. The number of benzene rings is 1. The van der Waals surface area contributed by atoms with Crippen molar-refractivity contribution in [3.8, 4) is 5.75 Å². The molecule has 2 N–H and O–H groups in total. The summed E-state index contributed by atoms with van der Waals surface area (Å²) < 4.78 is 5.67. The lowest BCUT2D eigenvalue weighted by atomic mass is 10.0. The Hall–Kier alpha value is -2.28. The molecule has 23 heavy (non-hydrogen) atoms. The van der Waals surface area contributed by atoms with Gasteiger partial charge in [0.15, 0.2) is 5.60 Å². The molecule has 0 saturated carbocycles. The van der Waals surface area contributed by atoms with Gasteiger partial charge in [-0.05, 0) is 32.0 Å². The van der Waals surface area contributed by atoms with Gasteiger partial charge in [0.1, 0.15) is 12.3 Å². The Bertz CT molecular complexity index is 659. The topological polar surface area (TPSA) is 95.9 Å². The highest BCUT2D eigenvalue weighted by Gasteiger charge is 2.40. The second-order valence-corrected chi connectivity index (χ2v) is 6.04. The van der Waals surface area contributed by atoms with Crippen LogP contribution in [0.25, 0.3) is 0 Å². The van der Waals surface area contributed by atoms with E-state index >= 15 is 0 Å². The van der Waals surface area contributed by atoms with Crippen LogP contribution in [-0.4, -0.2) is 41.6 Å². The number of hydrogen-bond donors (Lipinski definition) is 2. The summed E-state index contributed by atoms with van der Waals surface area (Å²) in [6.07, 6.45) is -0.0267. The van der Waals surface area contributed by atoms with Crippen LogP contribution >= 0.6 is 11.6 Å². The number of anilines is 1. The molecule has 1 aromatic rings. The summed E-state index contributed by atoms with van der Waals surface area (Å²) in [5, 5.41) is 11.2. The molecule has 0 fully saturated rings. The minimum atomic E-state index is -1.13. The fraction of sp³-hybridized carbons (Fsp3) is 0.400. The number of nitrogens with zero attached hydrogens (tertiary/aromatic N) is 1. The quantitative estimate of drug-likeness (QED) is 0.845. The van der Waals surface area contributed by atoms with Crippen molar-refractivity contribution in [1.82, 2.24) is 5.32 Å². The first kappa shape index (κ1) is 17.1. The summed E-state index contributed by atoms with van der Waals surface area (Å²) in [7, 11) is 0. The lowest BCUT2D eigenvalue weighted by molar-refractivity contribution is -0.138. The Morgan fingerprint density at radius 2 is 2.09 bits per heavy atom. The van der Waals surface area contributed by atoms with E-state index in [1.165, 1.54) is 4.90 Å². The van der Waals surface area contributed by atoms with E-state index in [1.807, 2.05) is 0 Å². The molecule has 0 aliphatic carbocycles. The molecule has 0 radical (unpaired) electrons. The van der Waals surface area contributed by atoms with Crippen molar-refractivity contribution in [2.24, 2.45) is 0 Å². The van der Waals surface area contributed by atoms with Crippen LogP contribution in [0, 0.1) is 0 Å². The van der Waals surface area contributed by atoms with E-state index < -0.39 is 24.0 Å². The number of carbonyl (C=O) groups is 3. The number of aliphatic carboxylic acids is 1. The molecule has 2 rings (SSSR count). The van der Waals surface area contributed by atoms with E-state index in [4.69, 9.17) is 21.4 Å². The number of carbonyl (C=O) groups excluding carboxylic acids is 2. The molecule has 0 unspecified atom stereocenters. The first-order valence-electron chi connectivity index (χ1n) is 7.00. The molecule has 7 nitrogen and oxygen atoms in total. The molecule has 1 aliphatic heterocycles. The lowest BCUT2D eigenvalue weighted by Gasteiger charge is -2.38. The predicted octanol–water partition coefficient (Wildman–Crippen LogP) is 1.43. The highest BCUT2D eigenvalue weighted by Crippen LogP contribution is 2.39. The van der Waals surface area contributed by atoms with E-state index in [1.54, 1.807) is 32.0 Å². The maximum absolute atomic E-state index is 12.5. The standard InChI is InChI=1S/C15H17ClN2O5/c1-15(2)14(22)18(6-5-12(19)17-8-13(20)21)10-7-9(16)3-4-11(10)23-15/h3-4,7H,5-6,8H2,1-2H3,(H,17,19)(H,20,21). The van der Waals surface area contributed by atoms with Crippen molar-refractivity contribution >= 4 is 35.1 Å². The van der Waals surface area contributed by atoms with Crippen molar-refractivity contribution < 1.29 is 24.2 Å². The molecular formula is C15H17ClN2O5. The molecular weight excluding hydrogens is 324 g/mol. The number of carboxylic acids is 1. The van der Waals surface area contributed by atoms with Crippen LogP contribution in [0.15, 0.2) is 18.2 Å². The smallest absolute Gasteiger partial charge is 0.322 e. The Morgan fingerprint density at radius 1 is 1.39 bits per heavy atom. The molecule has 124 valence electrons. The molecule has 8 heteroatoms. The molecule has 0 saturated heterocycles. The van der Waals surface area contributed by atoms with Gasteiger partial charge in [-0.3, -0.25) is 14.4 Å². The number of carboxylic acid groups (broad SMARTS) is 1. The first-order valence-corrected chi connectivity index (χ1v) is 7.37. The molecule has 1 aromatic carbocycles. The normalized spacial score (nSPS) is 15.6. The Morgan fingerprint density at radius 3 is 2.74 bits per heavy atom. The van der Waals surface area contributed by atoms with Gasteiger partial charge in [0.05, 0.1) is 5.69 Å². The second-order valence-electron chi connectivity index (χ2n) is 5.60. The third kappa shape index (κ3) is 3.92. The number of halogens is 1. The van der Waals surface area contributed by atoms with Crippen LogP contribution in [0.4, 0.5) is 5.69 Å². The highest BCUT2D eigenvalue weighted by atomic mass is 35.5. The molecule has 0 bridgehead atoms. The van der Waals surface area contributed by atoms with E-state index in [0.717, 1.165) is 0 Å². The summed E-state index contributed by atoms with van der Waals surface area (Å²) in [6.45, 7) is 2.93. The third-order valence-electron chi connectivity index (χ3n) is 3.34. The SMILES string of the molecule is CC1(C)Oc2ccc(Cl)cc2N(CCC(=O)NCC(=O)O)C1=O. The summed E-state index contributed by atoms with van der Waals surface area (Å²) in [5.41, 5.74) is -0.564. The average Bonchev–Trinajstić information content (AvgIpc) is 2.46. The van der Waals surface area contributed by atoms with E-state index in [0.29, 0.717) is 16.5 Å². The monoisotopic (exact) mass is 340 g/mol. The molecule has 1 heterocycles. The van der Waals surface area contributed by atoms with Gasteiger partial charge in [-0.2, -0.15) is 0 Å². The van der Waals surface area contributed by atoms with Crippen molar-refractivity contribution in [2.75, 3.05) is 18.0 Å². The maximum atomic E-state index is 12.5. The van der Waals surface area contributed by atoms with Crippen LogP contribution in [0.5, 0.6) is 5.75 Å². The van der Waals surface area contributed by atoms with Gasteiger partial charge in [0, 0.05) is 18.0 Å². The Kier molecular flexibility index (Phi) is 4.79. The maximum Gasteiger partial charge on any atom is 0.322 e. The van der Waals surface area contributed by atoms with Gasteiger partial charge >= 0.3 is 5.97 Å². The predicted molar refractivity (Wildman–Crippen MR) is 83.8 cm³/mol. The minimum Gasteiger partial charge on any atom is -0.480 e. The van der Waals surface area contributed by atoms with Crippen molar-refractivity contribution in [1.29, 1.82) is 0 Å². The average molecular weight is 341 g/mol. The molecule has 2 amide bonds. The highest BCUT2D eigenvalue weighted by molar-refractivity contribution is 6.31. The van der Waals surface area contributed by atoms with Crippen molar-refractivity contribution in [3.63, 3.8) is 0 Å². The van der Waals surface area contributed by atoms with E-state index in [-0.39, 0.29) is 18.9 Å². The number of fused-ring (bicyclic) bond motifs is 1. The van der Waals surface area contributed by atoms with Crippen LogP contribution in [0.1, 0.15) is 20.3 Å². The van der Waals surface area contributed by atoms with Gasteiger partial charge in [-0.25, -0.2) is 0 Å². The van der Waals surface area contributed by atoms with E-state index in [2.05, 4.69) is 5.32 Å². The Balaban J connectivity index is 2.16. The molecule has 0 spiro atoms.